The average molecular weight is 376 g/mol. The lowest BCUT2D eigenvalue weighted by atomic mass is 10.1. The Hall–Kier alpha value is -3.04. The number of anilines is 2. The van der Waals surface area contributed by atoms with Crippen molar-refractivity contribution < 1.29 is 35.9 Å². The van der Waals surface area contributed by atoms with Crippen molar-refractivity contribution in [1.29, 1.82) is 0 Å². The second kappa shape index (κ2) is 7.06. The zero-order valence-corrected chi connectivity index (χ0v) is 12.7. The van der Waals surface area contributed by atoms with Crippen molar-refractivity contribution in [1.82, 2.24) is 0 Å². The maximum Gasteiger partial charge on any atom is 0.418 e. The summed E-state index contributed by atoms with van der Waals surface area (Å²) >= 11 is 0. The first-order valence-electron chi connectivity index (χ1n) is 6.94. The highest BCUT2D eigenvalue weighted by atomic mass is 19.4. The van der Waals surface area contributed by atoms with Crippen LogP contribution < -0.4 is 10.6 Å². The van der Waals surface area contributed by atoms with Crippen LogP contribution in [0.1, 0.15) is 11.1 Å². The molecular weight excluding hydrogens is 366 g/mol. The van der Waals surface area contributed by atoms with E-state index in [1.807, 2.05) is 5.32 Å². The monoisotopic (exact) mass is 376 g/mol. The minimum absolute atomic E-state index is 0.330. The van der Waals surface area contributed by atoms with Crippen molar-refractivity contribution in [3.05, 3.63) is 59.7 Å². The molecule has 2 N–H and O–H groups in total. The van der Waals surface area contributed by atoms with Gasteiger partial charge in [0.15, 0.2) is 0 Å². The van der Waals surface area contributed by atoms with Crippen LogP contribution in [0.2, 0.25) is 0 Å². The molecule has 0 aliphatic rings. The SMILES string of the molecule is O=C(Nc1cccc(C(F)(F)F)c1)C(=O)Nc1ccccc1C(F)(F)F. The van der Waals surface area contributed by atoms with Gasteiger partial charge >= 0.3 is 24.2 Å². The number of carbonyl (C=O) groups excluding carboxylic acids is 2. The number of rotatable bonds is 2. The first-order chi connectivity index (χ1) is 12.0. The largest absolute Gasteiger partial charge is 0.418 e. The molecule has 0 aliphatic carbocycles. The molecular formula is C16H10F6N2O2. The van der Waals surface area contributed by atoms with Crippen molar-refractivity contribution in [2.75, 3.05) is 10.6 Å². The molecule has 0 heterocycles. The van der Waals surface area contributed by atoms with E-state index >= 15 is 0 Å². The Morgan fingerprint density at radius 2 is 1.35 bits per heavy atom. The molecule has 0 aromatic heterocycles. The van der Waals surface area contributed by atoms with Crippen LogP contribution in [0.15, 0.2) is 48.5 Å². The van der Waals surface area contributed by atoms with Gasteiger partial charge < -0.3 is 10.6 Å². The quantitative estimate of drug-likeness (QED) is 0.607. The summed E-state index contributed by atoms with van der Waals surface area (Å²) in [5.74, 6) is -2.87. The minimum atomic E-state index is -4.76. The topological polar surface area (TPSA) is 58.2 Å². The fourth-order valence-corrected chi connectivity index (χ4v) is 1.98. The molecule has 0 bridgehead atoms. The number of para-hydroxylation sites is 1. The standard InChI is InChI=1S/C16H10F6N2O2/c17-15(18,19)9-4-3-5-10(8-9)23-13(25)14(26)24-12-7-2-1-6-11(12)16(20,21)22/h1-8H,(H,23,25)(H,24,26). The summed E-state index contributed by atoms with van der Waals surface area (Å²) in [6, 6.07) is 7.43. The maximum absolute atomic E-state index is 12.8. The molecule has 2 rings (SSSR count). The summed E-state index contributed by atoms with van der Waals surface area (Å²) in [5, 5.41) is 3.69. The van der Waals surface area contributed by atoms with E-state index in [4.69, 9.17) is 0 Å². The zero-order chi connectivity index (χ0) is 19.5. The van der Waals surface area contributed by atoms with Gasteiger partial charge in [0, 0.05) is 5.69 Å². The molecule has 0 spiro atoms. The molecule has 2 amide bonds. The third kappa shape index (κ3) is 4.74. The lowest BCUT2D eigenvalue weighted by Gasteiger charge is -2.13. The summed E-state index contributed by atoms with van der Waals surface area (Å²) in [5.41, 5.74) is -3.20. The highest BCUT2D eigenvalue weighted by molar-refractivity contribution is 6.43. The number of hydrogen-bond donors (Lipinski definition) is 2. The smallest absolute Gasteiger partial charge is 0.318 e. The van der Waals surface area contributed by atoms with E-state index in [9.17, 15) is 35.9 Å². The second-order valence-electron chi connectivity index (χ2n) is 5.03. The van der Waals surface area contributed by atoms with Crippen molar-refractivity contribution in [3.8, 4) is 0 Å². The predicted octanol–water partition coefficient (Wildman–Crippen LogP) is 4.30. The molecule has 0 atom stereocenters. The van der Waals surface area contributed by atoms with Crippen molar-refractivity contribution in [2.24, 2.45) is 0 Å². The van der Waals surface area contributed by atoms with Gasteiger partial charge in [-0.05, 0) is 30.3 Å². The molecule has 0 unspecified atom stereocenters. The first kappa shape index (κ1) is 19.3. The minimum Gasteiger partial charge on any atom is -0.318 e. The zero-order valence-electron chi connectivity index (χ0n) is 12.7. The number of carbonyl (C=O) groups is 2. The van der Waals surface area contributed by atoms with E-state index < -0.39 is 41.0 Å². The van der Waals surface area contributed by atoms with Gasteiger partial charge in [-0.3, -0.25) is 9.59 Å². The van der Waals surface area contributed by atoms with Crippen molar-refractivity contribution in [2.45, 2.75) is 12.4 Å². The third-order valence-corrected chi connectivity index (χ3v) is 3.13. The molecule has 26 heavy (non-hydrogen) atoms. The lowest BCUT2D eigenvalue weighted by Crippen LogP contribution is -2.30. The number of nitrogens with one attached hydrogen (secondary N) is 2. The molecule has 138 valence electrons. The van der Waals surface area contributed by atoms with E-state index in [1.165, 1.54) is 6.07 Å². The molecule has 0 saturated heterocycles. The van der Waals surface area contributed by atoms with Crippen molar-refractivity contribution >= 4 is 23.2 Å². The van der Waals surface area contributed by atoms with Crippen LogP contribution in [0.5, 0.6) is 0 Å². The molecule has 2 aromatic rings. The Morgan fingerprint density at radius 1 is 0.731 bits per heavy atom. The van der Waals surface area contributed by atoms with Crippen LogP contribution in [0.25, 0.3) is 0 Å². The maximum atomic E-state index is 12.8. The molecule has 4 nitrogen and oxygen atoms in total. The highest BCUT2D eigenvalue weighted by Gasteiger charge is 2.34. The fourth-order valence-electron chi connectivity index (χ4n) is 1.98. The molecule has 0 saturated carbocycles. The number of hydrogen-bond acceptors (Lipinski definition) is 2. The van der Waals surface area contributed by atoms with Gasteiger partial charge in [0.2, 0.25) is 0 Å². The van der Waals surface area contributed by atoms with Crippen LogP contribution in [0.3, 0.4) is 0 Å². The van der Waals surface area contributed by atoms with Gasteiger partial charge in [0.1, 0.15) is 0 Å². The highest BCUT2D eigenvalue weighted by Crippen LogP contribution is 2.34. The molecule has 10 heteroatoms. The second-order valence-corrected chi connectivity index (χ2v) is 5.03. The van der Waals surface area contributed by atoms with Crippen molar-refractivity contribution in [3.63, 3.8) is 0 Å². The van der Waals surface area contributed by atoms with E-state index in [0.717, 1.165) is 30.3 Å². The van der Waals surface area contributed by atoms with Gasteiger partial charge in [0.25, 0.3) is 0 Å². The Morgan fingerprint density at radius 3 is 1.96 bits per heavy atom. The molecule has 2 aromatic carbocycles. The molecule has 0 aliphatic heterocycles. The number of halogens is 6. The predicted molar refractivity (Wildman–Crippen MR) is 80.1 cm³/mol. The first-order valence-corrected chi connectivity index (χ1v) is 6.94. The van der Waals surface area contributed by atoms with E-state index in [1.54, 1.807) is 5.32 Å². The molecule has 0 radical (unpaired) electrons. The summed E-state index contributed by atoms with van der Waals surface area (Å²) in [6.45, 7) is 0. The number of benzene rings is 2. The average Bonchev–Trinajstić information content (AvgIpc) is 2.53. The summed E-state index contributed by atoms with van der Waals surface area (Å²) in [7, 11) is 0. The summed E-state index contributed by atoms with van der Waals surface area (Å²) in [4.78, 5) is 23.5. The Bertz CT molecular complexity index is 830. The van der Waals surface area contributed by atoms with E-state index in [2.05, 4.69) is 0 Å². The Labute approximate surface area is 142 Å². The van der Waals surface area contributed by atoms with Crippen LogP contribution in [-0.4, -0.2) is 11.8 Å². The number of alkyl halides is 6. The fraction of sp³-hybridized carbons (Fsp3) is 0.125. The number of amides is 2. The molecule has 0 fully saturated rings. The summed E-state index contributed by atoms with van der Waals surface area (Å²) < 4.78 is 76.4. The van der Waals surface area contributed by atoms with Crippen LogP contribution in [0, 0.1) is 0 Å². The normalized spacial score (nSPS) is 11.8. The van der Waals surface area contributed by atoms with Gasteiger partial charge in [0.05, 0.1) is 16.8 Å². The van der Waals surface area contributed by atoms with Crippen LogP contribution in [0.4, 0.5) is 37.7 Å². The summed E-state index contributed by atoms with van der Waals surface area (Å²) in [6.07, 6.45) is -9.42. The lowest BCUT2D eigenvalue weighted by molar-refractivity contribution is -0.138. The van der Waals surface area contributed by atoms with Crippen LogP contribution in [-0.2, 0) is 21.9 Å². The van der Waals surface area contributed by atoms with Gasteiger partial charge in [-0.15, -0.1) is 0 Å². The van der Waals surface area contributed by atoms with E-state index in [-0.39, 0.29) is 5.69 Å². The third-order valence-electron chi connectivity index (χ3n) is 3.13. The van der Waals surface area contributed by atoms with Crippen LogP contribution >= 0.6 is 0 Å². The van der Waals surface area contributed by atoms with Gasteiger partial charge in [-0.2, -0.15) is 26.3 Å². The Kier molecular flexibility index (Phi) is 5.24. The van der Waals surface area contributed by atoms with E-state index in [0.29, 0.717) is 12.1 Å². The Balaban J connectivity index is 2.14. The van der Waals surface area contributed by atoms with Gasteiger partial charge in [-0.1, -0.05) is 18.2 Å². The van der Waals surface area contributed by atoms with Gasteiger partial charge in [-0.25, -0.2) is 0 Å².